The topological polar surface area (TPSA) is 85.1 Å². The molecule has 0 bridgehead atoms. The molecule has 0 amide bonds. The number of rotatable bonds is 7. The molecule has 1 unspecified atom stereocenters. The van der Waals surface area contributed by atoms with Crippen molar-refractivity contribution in [1.29, 1.82) is 0 Å². The van der Waals surface area contributed by atoms with Crippen LogP contribution < -0.4 is 10.5 Å². The van der Waals surface area contributed by atoms with Gasteiger partial charge >= 0.3 is 0 Å². The number of aromatic nitrogens is 1. The highest BCUT2D eigenvalue weighted by Gasteiger charge is 2.15. The lowest BCUT2D eigenvalue weighted by Gasteiger charge is -2.14. The fraction of sp³-hybridized carbons (Fsp3) is 0.545. The minimum atomic E-state index is -3.27. The predicted octanol–water partition coefficient (Wildman–Crippen LogP) is 0.281. The smallest absolute Gasteiger partial charge is 0.212 e. The monoisotopic (exact) mass is 257 g/mol. The summed E-state index contributed by atoms with van der Waals surface area (Å²) >= 11 is 0. The van der Waals surface area contributed by atoms with E-state index in [1.54, 1.807) is 12.3 Å². The molecular weight excluding hydrogens is 238 g/mol. The van der Waals surface area contributed by atoms with Crippen LogP contribution in [-0.4, -0.2) is 31.7 Å². The van der Waals surface area contributed by atoms with Crippen molar-refractivity contribution in [2.24, 2.45) is 5.73 Å². The molecule has 1 aromatic heterocycles. The second-order valence-corrected chi connectivity index (χ2v) is 5.72. The van der Waals surface area contributed by atoms with Crippen molar-refractivity contribution in [3.05, 3.63) is 30.1 Å². The highest BCUT2D eigenvalue weighted by Crippen LogP contribution is 1.99. The zero-order valence-electron chi connectivity index (χ0n) is 9.96. The average Bonchev–Trinajstić information content (AvgIpc) is 2.35. The van der Waals surface area contributed by atoms with E-state index < -0.39 is 10.0 Å². The fourth-order valence-electron chi connectivity index (χ4n) is 1.40. The Hall–Kier alpha value is -0.980. The van der Waals surface area contributed by atoms with Crippen LogP contribution in [0.1, 0.15) is 19.0 Å². The molecule has 0 aliphatic carbocycles. The number of hydrogen-bond donors (Lipinski definition) is 2. The van der Waals surface area contributed by atoms with Gasteiger partial charge in [-0.1, -0.05) is 13.0 Å². The summed E-state index contributed by atoms with van der Waals surface area (Å²) in [5.74, 6) is 0.0422. The van der Waals surface area contributed by atoms with Crippen LogP contribution in [0, 0.1) is 0 Å². The first kappa shape index (κ1) is 14.1. The maximum Gasteiger partial charge on any atom is 0.212 e. The van der Waals surface area contributed by atoms with Crippen LogP contribution in [-0.2, 0) is 16.4 Å². The van der Waals surface area contributed by atoms with Gasteiger partial charge in [0.2, 0.25) is 10.0 Å². The quantitative estimate of drug-likeness (QED) is 0.735. The zero-order chi connectivity index (χ0) is 12.7. The largest absolute Gasteiger partial charge is 0.329 e. The third-order valence-electron chi connectivity index (χ3n) is 2.48. The van der Waals surface area contributed by atoms with Crippen molar-refractivity contribution >= 4 is 10.0 Å². The van der Waals surface area contributed by atoms with Gasteiger partial charge in [-0.2, -0.15) is 0 Å². The van der Waals surface area contributed by atoms with E-state index in [2.05, 4.69) is 9.71 Å². The van der Waals surface area contributed by atoms with Crippen LogP contribution in [0.2, 0.25) is 0 Å². The number of nitrogens with one attached hydrogen (secondary N) is 1. The molecule has 96 valence electrons. The van der Waals surface area contributed by atoms with E-state index in [4.69, 9.17) is 5.73 Å². The summed E-state index contributed by atoms with van der Waals surface area (Å²) in [7, 11) is -3.27. The van der Waals surface area contributed by atoms with Crippen LogP contribution in [0.4, 0.5) is 0 Å². The summed E-state index contributed by atoms with van der Waals surface area (Å²) < 4.78 is 26.1. The van der Waals surface area contributed by atoms with Crippen LogP contribution in [0.15, 0.2) is 24.4 Å². The Balaban J connectivity index is 2.50. The van der Waals surface area contributed by atoms with Gasteiger partial charge < -0.3 is 5.73 Å². The number of nitrogens with two attached hydrogens (primary N) is 1. The van der Waals surface area contributed by atoms with E-state index >= 15 is 0 Å². The van der Waals surface area contributed by atoms with Crippen molar-refractivity contribution < 1.29 is 8.42 Å². The molecular formula is C11H19N3O2S. The maximum atomic E-state index is 11.7. The standard InChI is InChI=1S/C11H19N3O2S/c1-2-10(9-12)14-17(15,16)8-6-11-5-3-4-7-13-11/h3-5,7,10,14H,2,6,8-9,12H2,1H3. The summed E-state index contributed by atoms with van der Waals surface area (Å²) in [6.07, 6.45) is 2.76. The zero-order valence-corrected chi connectivity index (χ0v) is 10.8. The number of sulfonamides is 1. The highest BCUT2D eigenvalue weighted by molar-refractivity contribution is 7.89. The minimum Gasteiger partial charge on any atom is -0.329 e. The molecule has 0 aliphatic heterocycles. The predicted molar refractivity (Wildman–Crippen MR) is 68.0 cm³/mol. The fourth-order valence-corrected chi connectivity index (χ4v) is 2.76. The van der Waals surface area contributed by atoms with E-state index in [1.807, 2.05) is 19.1 Å². The van der Waals surface area contributed by atoms with Gasteiger partial charge in [0.15, 0.2) is 0 Å². The van der Waals surface area contributed by atoms with Gasteiger partial charge in [0.1, 0.15) is 0 Å². The third-order valence-corrected chi connectivity index (χ3v) is 3.91. The van der Waals surface area contributed by atoms with Gasteiger partial charge in [0.05, 0.1) is 5.75 Å². The van der Waals surface area contributed by atoms with E-state index in [1.165, 1.54) is 0 Å². The maximum absolute atomic E-state index is 11.7. The van der Waals surface area contributed by atoms with Gasteiger partial charge in [0, 0.05) is 30.9 Å². The molecule has 1 aromatic rings. The van der Waals surface area contributed by atoms with E-state index in [-0.39, 0.29) is 11.8 Å². The minimum absolute atomic E-state index is 0.0422. The Labute approximate surface area is 102 Å². The van der Waals surface area contributed by atoms with E-state index in [0.717, 1.165) is 5.69 Å². The normalized spacial score (nSPS) is 13.5. The lowest BCUT2D eigenvalue weighted by Crippen LogP contribution is -2.41. The molecule has 0 saturated carbocycles. The van der Waals surface area contributed by atoms with Crippen LogP contribution >= 0.6 is 0 Å². The first-order valence-corrected chi connectivity index (χ1v) is 7.32. The molecule has 3 N–H and O–H groups in total. The number of hydrogen-bond acceptors (Lipinski definition) is 4. The Bertz CT molecular complexity index is 416. The molecule has 0 saturated heterocycles. The summed E-state index contributed by atoms with van der Waals surface area (Å²) in [5.41, 5.74) is 6.24. The van der Waals surface area contributed by atoms with Crippen molar-refractivity contribution in [3.63, 3.8) is 0 Å². The molecule has 0 aromatic carbocycles. The number of aryl methyl sites for hydroxylation is 1. The molecule has 6 heteroatoms. The molecule has 0 aliphatic rings. The molecule has 0 radical (unpaired) electrons. The molecule has 1 atom stereocenters. The summed E-state index contributed by atoms with van der Waals surface area (Å²) in [6.45, 7) is 2.22. The van der Waals surface area contributed by atoms with Gasteiger partial charge in [-0.15, -0.1) is 0 Å². The van der Waals surface area contributed by atoms with E-state index in [9.17, 15) is 8.42 Å². The molecule has 1 heterocycles. The van der Waals surface area contributed by atoms with Crippen LogP contribution in [0.25, 0.3) is 0 Å². The Morgan fingerprint density at radius 1 is 1.47 bits per heavy atom. The number of pyridine rings is 1. The van der Waals surface area contributed by atoms with Gasteiger partial charge in [-0.25, -0.2) is 13.1 Å². The lowest BCUT2D eigenvalue weighted by atomic mass is 10.2. The van der Waals surface area contributed by atoms with Crippen molar-refractivity contribution in [2.45, 2.75) is 25.8 Å². The second-order valence-electron chi connectivity index (χ2n) is 3.85. The lowest BCUT2D eigenvalue weighted by molar-refractivity contribution is 0.542. The van der Waals surface area contributed by atoms with Crippen molar-refractivity contribution in [3.8, 4) is 0 Å². The first-order valence-electron chi connectivity index (χ1n) is 5.67. The second kappa shape index (κ2) is 6.68. The van der Waals surface area contributed by atoms with Crippen LogP contribution in [0.5, 0.6) is 0 Å². The highest BCUT2D eigenvalue weighted by atomic mass is 32.2. The number of nitrogens with zero attached hydrogens (tertiary/aromatic N) is 1. The average molecular weight is 257 g/mol. The molecule has 0 spiro atoms. The van der Waals surface area contributed by atoms with Gasteiger partial charge in [0.25, 0.3) is 0 Å². The summed E-state index contributed by atoms with van der Waals surface area (Å²) in [4.78, 5) is 4.08. The molecule has 5 nitrogen and oxygen atoms in total. The van der Waals surface area contributed by atoms with Crippen molar-refractivity contribution in [2.75, 3.05) is 12.3 Å². The molecule has 1 rings (SSSR count). The Morgan fingerprint density at radius 3 is 2.76 bits per heavy atom. The Morgan fingerprint density at radius 2 is 2.24 bits per heavy atom. The van der Waals surface area contributed by atoms with Gasteiger partial charge in [-0.3, -0.25) is 4.98 Å². The molecule has 17 heavy (non-hydrogen) atoms. The van der Waals surface area contributed by atoms with Gasteiger partial charge in [-0.05, 0) is 18.6 Å². The summed E-state index contributed by atoms with van der Waals surface area (Å²) in [6, 6.07) is 5.29. The van der Waals surface area contributed by atoms with Crippen LogP contribution in [0.3, 0.4) is 0 Å². The van der Waals surface area contributed by atoms with Crippen molar-refractivity contribution in [1.82, 2.24) is 9.71 Å². The summed E-state index contributed by atoms with van der Waals surface area (Å²) in [5, 5.41) is 0. The third kappa shape index (κ3) is 5.25. The molecule has 0 fully saturated rings. The first-order chi connectivity index (χ1) is 8.07. The van der Waals surface area contributed by atoms with E-state index in [0.29, 0.717) is 19.4 Å². The Kier molecular flexibility index (Phi) is 5.54. The SMILES string of the molecule is CCC(CN)NS(=O)(=O)CCc1ccccn1.